The Morgan fingerprint density at radius 1 is 1.03 bits per heavy atom. The first-order chi connectivity index (χ1) is 14.2. The van der Waals surface area contributed by atoms with Gasteiger partial charge in [-0.2, -0.15) is 5.10 Å². The summed E-state index contributed by atoms with van der Waals surface area (Å²) >= 11 is 5.91. The van der Waals surface area contributed by atoms with Crippen LogP contribution in [0.3, 0.4) is 0 Å². The Kier molecular flexibility index (Phi) is 5.27. The number of nitrogens with one attached hydrogen (secondary N) is 1. The molecule has 4 aromatic rings. The molecule has 0 amide bonds. The van der Waals surface area contributed by atoms with Gasteiger partial charge in [-0.1, -0.05) is 35.9 Å². The summed E-state index contributed by atoms with van der Waals surface area (Å²) in [6.45, 7) is 0. The van der Waals surface area contributed by atoms with Gasteiger partial charge < -0.3 is 4.74 Å². The molecule has 0 aliphatic heterocycles. The summed E-state index contributed by atoms with van der Waals surface area (Å²) in [5, 5.41) is 5.42. The highest BCUT2D eigenvalue weighted by Gasteiger charge is 2.12. The molecule has 0 radical (unpaired) electrons. The second-order valence-corrected chi connectivity index (χ2v) is 6.65. The molecular weight excluding hydrogens is 388 g/mol. The van der Waals surface area contributed by atoms with E-state index in [0.29, 0.717) is 33.3 Å². The van der Waals surface area contributed by atoms with Gasteiger partial charge in [0, 0.05) is 5.02 Å². The number of hydrogen-bond acceptors (Lipinski definition) is 5. The van der Waals surface area contributed by atoms with Crippen molar-refractivity contribution in [2.75, 3.05) is 12.5 Å². The lowest BCUT2D eigenvalue weighted by atomic mass is 10.2. The standard InChI is InChI=1S/C22H17ClN4O2/c1-29-18-12-10-17(11-13-18)27-21(28)19-4-2-3-5-20(19)25-22(27)26-24-14-15-6-8-16(23)9-7-15/h2-14H,1H3,(H,25,26)/b24-14+. The zero-order chi connectivity index (χ0) is 20.2. The minimum atomic E-state index is -0.190. The molecule has 0 spiro atoms. The number of nitrogens with zero attached hydrogens (tertiary/aromatic N) is 3. The fourth-order valence-electron chi connectivity index (χ4n) is 2.89. The Morgan fingerprint density at radius 2 is 1.76 bits per heavy atom. The van der Waals surface area contributed by atoms with Crippen LogP contribution in [0, 0.1) is 0 Å². The van der Waals surface area contributed by atoms with Gasteiger partial charge in [0.25, 0.3) is 5.56 Å². The molecule has 4 rings (SSSR count). The molecular formula is C22H17ClN4O2. The van der Waals surface area contributed by atoms with Gasteiger partial charge in [0.05, 0.1) is 29.9 Å². The summed E-state index contributed by atoms with van der Waals surface area (Å²) in [7, 11) is 1.59. The Bertz CT molecular complexity index is 1230. The molecule has 0 aliphatic carbocycles. The fraction of sp³-hybridized carbons (Fsp3) is 0.0455. The lowest BCUT2D eigenvalue weighted by molar-refractivity contribution is 0.414. The van der Waals surface area contributed by atoms with Crippen molar-refractivity contribution < 1.29 is 4.74 Å². The number of benzene rings is 3. The van der Waals surface area contributed by atoms with E-state index in [4.69, 9.17) is 16.3 Å². The van der Waals surface area contributed by atoms with Crippen LogP contribution in [0.15, 0.2) is 82.7 Å². The minimum absolute atomic E-state index is 0.190. The molecule has 1 heterocycles. The van der Waals surface area contributed by atoms with Gasteiger partial charge >= 0.3 is 0 Å². The third kappa shape index (κ3) is 3.97. The van der Waals surface area contributed by atoms with E-state index < -0.39 is 0 Å². The molecule has 3 aromatic carbocycles. The Morgan fingerprint density at radius 3 is 2.48 bits per heavy atom. The van der Waals surface area contributed by atoms with Gasteiger partial charge in [0.15, 0.2) is 0 Å². The van der Waals surface area contributed by atoms with E-state index in [1.165, 1.54) is 4.57 Å². The number of methoxy groups -OCH3 is 1. The third-order valence-corrected chi connectivity index (χ3v) is 4.61. The average molecular weight is 405 g/mol. The number of para-hydroxylation sites is 1. The van der Waals surface area contributed by atoms with Crippen molar-refractivity contribution in [3.8, 4) is 11.4 Å². The van der Waals surface area contributed by atoms with Gasteiger partial charge in [-0.25, -0.2) is 15.0 Å². The van der Waals surface area contributed by atoms with E-state index in [1.54, 1.807) is 61.9 Å². The maximum Gasteiger partial charge on any atom is 0.267 e. The summed E-state index contributed by atoms with van der Waals surface area (Å²) in [6, 6.07) is 21.6. The summed E-state index contributed by atoms with van der Waals surface area (Å²) in [6.07, 6.45) is 1.63. The van der Waals surface area contributed by atoms with Crippen molar-refractivity contribution >= 4 is 34.7 Å². The van der Waals surface area contributed by atoms with Crippen LogP contribution in [0.25, 0.3) is 16.6 Å². The summed E-state index contributed by atoms with van der Waals surface area (Å²) < 4.78 is 6.69. The van der Waals surface area contributed by atoms with Crippen LogP contribution in [0.2, 0.25) is 5.02 Å². The van der Waals surface area contributed by atoms with Crippen molar-refractivity contribution in [3.05, 3.63) is 93.7 Å². The van der Waals surface area contributed by atoms with Crippen LogP contribution < -0.4 is 15.7 Å². The average Bonchev–Trinajstić information content (AvgIpc) is 2.76. The first kappa shape index (κ1) is 18.7. The van der Waals surface area contributed by atoms with E-state index in [0.717, 1.165) is 5.56 Å². The van der Waals surface area contributed by atoms with Crippen LogP contribution in [0.5, 0.6) is 5.75 Å². The molecule has 6 nitrogen and oxygen atoms in total. The molecule has 0 aliphatic rings. The van der Waals surface area contributed by atoms with E-state index in [-0.39, 0.29) is 5.56 Å². The second-order valence-electron chi connectivity index (χ2n) is 6.21. The van der Waals surface area contributed by atoms with Crippen LogP contribution in [-0.4, -0.2) is 22.9 Å². The highest BCUT2D eigenvalue weighted by Crippen LogP contribution is 2.19. The topological polar surface area (TPSA) is 68.5 Å². The second kappa shape index (κ2) is 8.16. The van der Waals surface area contributed by atoms with Crippen molar-refractivity contribution in [3.63, 3.8) is 0 Å². The molecule has 0 saturated carbocycles. The quantitative estimate of drug-likeness (QED) is 0.393. The van der Waals surface area contributed by atoms with Crippen LogP contribution in [0.1, 0.15) is 5.56 Å². The zero-order valence-corrected chi connectivity index (χ0v) is 16.3. The molecule has 0 unspecified atom stereocenters. The number of rotatable bonds is 5. The zero-order valence-electron chi connectivity index (χ0n) is 15.5. The fourth-order valence-corrected chi connectivity index (χ4v) is 3.02. The number of hydrazone groups is 1. The maximum atomic E-state index is 13.2. The first-order valence-electron chi connectivity index (χ1n) is 8.86. The molecule has 0 bridgehead atoms. The molecule has 0 atom stereocenters. The largest absolute Gasteiger partial charge is 0.497 e. The highest BCUT2D eigenvalue weighted by atomic mass is 35.5. The van der Waals surface area contributed by atoms with Gasteiger partial charge in [-0.05, 0) is 54.1 Å². The number of aromatic nitrogens is 2. The number of fused-ring (bicyclic) bond motifs is 1. The number of hydrogen-bond donors (Lipinski definition) is 1. The number of ether oxygens (including phenoxy) is 1. The maximum absolute atomic E-state index is 13.2. The van der Waals surface area contributed by atoms with Crippen LogP contribution in [0.4, 0.5) is 5.95 Å². The monoisotopic (exact) mass is 404 g/mol. The molecule has 144 valence electrons. The first-order valence-corrected chi connectivity index (χ1v) is 9.24. The third-order valence-electron chi connectivity index (χ3n) is 4.35. The molecule has 1 aromatic heterocycles. The predicted molar refractivity (Wildman–Crippen MR) is 117 cm³/mol. The van der Waals surface area contributed by atoms with Gasteiger partial charge in [-0.15, -0.1) is 0 Å². The van der Waals surface area contributed by atoms with E-state index in [9.17, 15) is 4.79 Å². The number of anilines is 1. The smallest absolute Gasteiger partial charge is 0.267 e. The molecule has 1 N–H and O–H groups in total. The van der Waals surface area contributed by atoms with Crippen LogP contribution >= 0.6 is 11.6 Å². The summed E-state index contributed by atoms with van der Waals surface area (Å²) in [5.74, 6) is 1.01. The normalized spacial score (nSPS) is 11.1. The van der Waals surface area contributed by atoms with E-state index in [1.807, 2.05) is 24.3 Å². The minimum Gasteiger partial charge on any atom is -0.497 e. The summed E-state index contributed by atoms with van der Waals surface area (Å²) in [4.78, 5) is 17.7. The molecule has 7 heteroatoms. The lowest BCUT2D eigenvalue weighted by Crippen LogP contribution is -2.22. The molecule has 0 fully saturated rings. The van der Waals surface area contributed by atoms with E-state index >= 15 is 0 Å². The van der Waals surface area contributed by atoms with Crippen molar-refractivity contribution in [1.82, 2.24) is 9.55 Å². The summed E-state index contributed by atoms with van der Waals surface area (Å²) in [5.41, 5.74) is 4.81. The lowest BCUT2D eigenvalue weighted by Gasteiger charge is -2.13. The highest BCUT2D eigenvalue weighted by molar-refractivity contribution is 6.30. The van der Waals surface area contributed by atoms with Crippen molar-refractivity contribution in [2.45, 2.75) is 0 Å². The van der Waals surface area contributed by atoms with Gasteiger partial charge in [0.1, 0.15) is 5.75 Å². The molecule has 0 saturated heterocycles. The number of halogens is 1. The Balaban J connectivity index is 1.78. The van der Waals surface area contributed by atoms with Gasteiger partial charge in [-0.3, -0.25) is 4.79 Å². The molecule has 29 heavy (non-hydrogen) atoms. The SMILES string of the molecule is COc1ccc(-n2c(N/N=C/c3ccc(Cl)cc3)nc3ccccc3c2=O)cc1. The van der Waals surface area contributed by atoms with E-state index in [2.05, 4.69) is 15.5 Å². The van der Waals surface area contributed by atoms with Crippen molar-refractivity contribution in [1.29, 1.82) is 0 Å². The van der Waals surface area contributed by atoms with Crippen molar-refractivity contribution in [2.24, 2.45) is 5.10 Å². The van der Waals surface area contributed by atoms with Crippen LogP contribution in [-0.2, 0) is 0 Å². The Labute approximate surface area is 172 Å². The Hall–Kier alpha value is -3.64. The van der Waals surface area contributed by atoms with Gasteiger partial charge in [0.2, 0.25) is 5.95 Å². The predicted octanol–water partition coefficient (Wildman–Crippen LogP) is 4.49.